The van der Waals surface area contributed by atoms with Gasteiger partial charge in [-0.05, 0) is 47.5 Å². The largest absolute Gasteiger partial charge is 1.00 e. The molecule has 1 amide bonds. The number of benzene rings is 1. The van der Waals surface area contributed by atoms with E-state index < -0.39 is 17.8 Å². The third kappa shape index (κ3) is 4.22. The van der Waals surface area contributed by atoms with Crippen molar-refractivity contribution in [2.24, 2.45) is 11.8 Å². The van der Waals surface area contributed by atoms with Gasteiger partial charge in [-0.15, -0.1) is 0 Å². The fourth-order valence-corrected chi connectivity index (χ4v) is 2.32. The van der Waals surface area contributed by atoms with Gasteiger partial charge in [-0.3, -0.25) is 4.79 Å². The fraction of sp³-hybridized carbons (Fsp3) is 0.385. The number of anilines is 1. The van der Waals surface area contributed by atoms with E-state index in [-0.39, 0.29) is 35.5 Å². The quantitative estimate of drug-likeness (QED) is 0.635. The van der Waals surface area contributed by atoms with Crippen molar-refractivity contribution in [2.45, 2.75) is 13.3 Å². The van der Waals surface area contributed by atoms with Gasteiger partial charge in [0, 0.05) is 23.5 Å². The molecule has 2 atom stereocenters. The molecule has 0 aliphatic heterocycles. The molecule has 0 unspecified atom stereocenters. The molecule has 1 aliphatic rings. The summed E-state index contributed by atoms with van der Waals surface area (Å²) in [6.45, 7) is 2.44. The third-order valence-electron chi connectivity index (χ3n) is 2.93. The van der Waals surface area contributed by atoms with Crippen molar-refractivity contribution < 1.29 is 49.0 Å². The maximum absolute atomic E-state index is 11.8. The summed E-state index contributed by atoms with van der Waals surface area (Å²) in [4.78, 5) is 22.3. The molecule has 5 nitrogen and oxygen atoms in total. The average molecular weight is 350 g/mol. The first-order valence-electron chi connectivity index (χ1n) is 5.97. The molecule has 1 aliphatic carbocycles. The molecule has 0 heterocycles. The number of carbonyl (C=O) groups excluding carboxylic acids is 2. The van der Waals surface area contributed by atoms with E-state index in [1.807, 2.05) is 6.92 Å². The van der Waals surface area contributed by atoms with Crippen molar-refractivity contribution in [2.75, 3.05) is 11.9 Å². The topological polar surface area (TPSA) is 78.5 Å². The summed E-state index contributed by atoms with van der Waals surface area (Å²) in [6.07, 6.45) is 0.354. The Balaban J connectivity index is 0.00000200. The molecule has 0 aromatic heterocycles. The van der Waals surface area contributed by atoms with Gasteiger partial charge in [0.05, 0.1) is 11.1 Å². The SMILES string of the molecule is CCOc1ccc(NC(=O)[C@@H]2C[C@@H]2C(=O)[O-])cc1Br.[Na+]. The summed E-state index contributed by atoms with van der Waals surface area (Å²) >= 11 is 3.35. The zero-order valence-electron chi connectivity index (χ0n) is 11.3. The molecule has 1 aromatic rings. The summed E-state index contributed by atoms with van der Waals surface area (Å²) in [5.41, 5.74) is 0.601. The Morgan fingerprint density at radius 1 is 1.45 bits per heavy atom. The molecule has 20 heavy (non-hydrogen) atoms. The number of hydrogen-bond acceptors (Lipinski definition) is 4. The molecule has 1 saturated carbocycles. The monoisotopic (exact) mass is 349 g/mol. The number of amides is 1. The van der Waals surface area contributed by atoms with E-state index in [1.54, 1.807) is 18.2 Å². The number of carboxylic acid groups (broad SMARTS) is 1. The first-order chi connectivity index (χ1) is 9.02. The summed E-state index contributed by atoms with van der Waals surface area (Å²) in [5.74, 6) is -1.88. The van der Waals surface area contributed by atoms with Crippen molar-refractivity contribution in [1.29, 1.82) is 0 Å². The van der Waals surface area contributed by atoms with Crippen molar-refractivity contribution in [1.82, 2.24) is 0 Å². The molecule has 1 fully saturated rings. The van der Waals surface area contributed by atoms with Crippen LogP contribution in [0.4, 0.5) is 5.69 Å². The van der Waals surface area contributed by atoms with Gasteiger partial charge in [0.1, 0.15) is 5.75 Å². The zero-order valence-corrected chi connectivity index (χ0v) is 14.9. The van der Waals surface area contributed by atoms with E-state index in [1.165, 1.54) is 0 Å². The minimum absolute atomic E-state index is 0. The Morgan fingerprint density at radius 2 is 2.15 bits per heavy atom. The molecule has 1 N–H and O–H groups in total. The van der Waals surface area contributed by atoms with Crippen LogP contribution in [-0.4, -0.2) is 18.5 Å². The van der Waals surface area contributed by atoms with Crippen LogP contribution in [0.3, 0.4) is 0 Å². The Bertz CT molecular complexity index is 523. The Labute approximate surface area is 147 Å². The smallest absolute Gasteiger partial charge is 0.550 e. The first-order valence-corrected chi connectivity index (χ1v) is 6.76. The van der Waals surface area contributed by atoms with E-state index in [4.69, 9.17) is 4.74 Å². The Morgan fingerprint density at radius 3 is 2.65 bits per heavy atom. The van der Waals surface area contributed by atoms with Crippen molar-refractivity contribution >= 4 is 33.5 Å². The number of halogens is 1. The molecule has 102 valence electrons. The van der Waals surface area contributed by atoms with Crippen molar-refractivity contribution in [3.8, 4) is 5.75 Å². The van der Waals surface area contributed by atoms with E-state index >= 15 is 0 Å². The summed E-state index contributed by atoms with van der Waals surface area (Å²) < 4.78 is 6.09. The van der Waals surface area contributed by atoms with Gasteiger partial charge in [0.15, 0.2) is 0 Å². The summed E-state index contributed by atoms with van der Waals surface area (Å²) in [7, 11) is 0. The van der Waals surface area contributed by atoms with Crippen LogP contribution >= 0.6 is 15.9 Å². The second-order valence-corrected chi connectivity index (χ2v) is 5.19. The minimum atomic E-state index is -1.16. The number of aliphatic carboxylic acids is 1. The Kier molecular flexibility index (Phi) is 6.51. The van der Waals surface area contributed by atoms with Crippen LogP contribution < -0.4 is 44.7 Å². The molecule has 0 bridgehead atoms. The van der Waals surface area contributed by atoms with Gasteiger partial charge >= 0.3 is 29.6 Å². The van der Waals surface area contributed by atoms with Crippen LogP contribution in [0, 0.1) is 11.8 Å². The summed E-state index contributed by atoms with van der Waals surface area (Å²) in [5, 5.41) is 13.3. The molecule has 1 aromatic carbocycles. The molecular formula is C13H13BrNNaO4. The average Bonchev–Trinajstić information content (AvgIpc) is 3.13. The van der Waals surface area contributed by atoms with E-state index in [2.05, 4.69) is 21.2 Å². The second-order valence-electron chi connectivity index (χ2n) is 4.34. The van der Waals surface area contributed by atoms with E-state index in [9.17, 15) is 14.7 Å². The van der Waals surface area contributed by atoms with Gasteiger partial charge in [-0.25, -0.2) is 0 Å². The standard InChI is InChI=1S/C13H14BrNO4.Na/c1-2-19-11-4-3-7(5-10(11)14)15-12(16)8-6-9(8)13(17)18;/h3-5,8-9H,2,6H2,1H3,(H,15,16)(H,17,18);/q;+1/p-1/t8-,9+;/m1./s1. The molecular weight excluding hydrogens is 337 g/mol. The van der Waals surface area contributed by atoms with Crippen molar-refractivity contribution in [3.63, 3.8) is 0 Å². The number of nitrogens with one attached hydrogen (secondary N) is 1. The van der Waals surface area contributed by atoms with E-state index in [0.717, 1.165) is 4.47 Å². The molecule has 2 rings (SSSR count). The number of carboxylic acids is 1. The van der Waals surface area contributed by atoms with E-state index in [0.29, 0.717) is 24.5 Å². The third-order valence-corrected chi connectivity index (χ3v) is 3.55. The maximum atomic E-state index is 11.8. The fourth-order valence-electron chi connectivity index (χ4n) is 1.83. The van der Waals surface area contributed by atoms with Crippen LogP contribution in [0.15, 0.2) is 22.7 Å². The second kappa shape index (κ2) is 7.45. The van der Waals surface area contributed by atoms with Gasteiger partial charge < -0.3 is 20.0 Å². The number of hydrogen-bond donors (Lipinski definition) is 1. The van der Waals surface area contributed by atoms with Crippen LogP contribution in [0.2, 0.25) is 0 Å². The maximum Gasteiger partial charge on any atom is 1.00 e. The first kappa shape index (κ1) is 17.5. The summed E-state index contributed by atoms with van der Waals surface area (Å²) in [6, 6.07) is 5.18. The zero-order chi connectivity index (χ0) is 14.0. The van der Waals surface area contributed by atoms with Gasteiger partial charge in [0.2, 0.25) is 5.91 Å². The number of carbonyl (C=O) groups is 2. The predicted octanol–water partition coefficient (Wildman–Crippen LogP) is -1.82. The van der Waals surface area contributed by atoms with Crippen LogP contribution in [0.5, 0.6) is 5.75 Å². The van der Waals surface area contributed by atoms with Crippen molar-refractivity contribution in [3.05, 3.63) is 22.7 Å². The predicted molar refractivity (Wildman–Crippen MR) is 70.5 cm³/mol. The van der Waals surface area contributed by atoms with Gasteiger partial charge in [-0.1, -0.05) is 0 Å². The molecule has 0 saturated heterocycles. The van der Waals surface area contributed by atoms with Crippen LogP contribution in [0.1, 0.15) is 13.3 Å². The number of rotatable bonds is 5. The number of ether oxygens (including phenoxy) is 1. The van der Waals surface area contributed by atoms with Gasteiger partial charge in [-0.2, -0.15) is 0 Å². The van der Waals surface area contributed by atoms with Gasteiger partial charge in [0.25, 0.3) is 0 Å². The molecule has 0 spiro atoms. The van der Waals surface area contributed by atoms with Crippen LogP contribution in [0.25, 0.3) is 0 Å². The Hall–Kier alpha value is -0.560. The minimum Gasteiger partial charge on any atom is -0.550 e. The molecule has 0 radical (unpaired) electrons. The van der Waals surface area contributed by atoms with Crippen LogP contribution in [-0.2, 0) is 9.59 Å². The normalized spacial score (nSPS) is 19.7. The molecule has 7 heteroatoms.